The van der Waals surface area contributed by atoms with Crippen LogP contribution in [-0.4, -0.2) is 20.9 Å². The Morgan fingerprint density at radius 3 is 3.08 bits per heavy atom. The zero-order chi connectivity index (χ0) is 9.42. The van der Waals surface area contributed by atoms with Gasteiger partial charge < -0.3 is 5.11 Å². The van der Waals surface area contributed by atoms with Crippen molar-refractivity contribution in [3.05, 3.63) is 16.9 Å². The minimum Gasteiger partial charge on any atom is -0.481 e. The van der Waals surface area contributed by atoms with E-state index in [1.165, 1.54) is 0 Å². The molecule has 0 aromatic carbocycles. The highest BCUT2D eigenvalue weighted by molar-refractivity contribution is 9.10. The summed E-state index contributed by atoms with van der Waals surface area (Å²) in [6, 6.07) is 0. The molecule has 1 aliphatic rings. The van der Waals surface area contributed by atoms with Gasteiger partial charge in [-0.15, -0.1) is 0 Å². The largest absolute Gasteiger partial charge is 0.481 e. The van der Waals surface area contributed by atoms with Crippen molar-refractivity contribution in [2.45, 2.75) is 13.0 Å². The fourth-order valence-electron chi connectivity index (χ4n) is 1.43. The van der Waals surface area contributed by atoms with Crippen LogP contribution in [0.15, 0.2) is 16.9 Å². The molecule has 1 heterocycles. The molecule has 13 heavy (non-hydrogen) atoms. The lowest BCUT2D eigenvalue weighted by Gasteiger charge is -1.97. The van der Waals surface area contributed by atoms with Gasteiger partial charge in [0.2, 0.25) is 0 Å². The highest BCUT2D eigenvalue weighted by Crippen LogP contribution is 2.39. The van der Waals surface area contributed by atoms with E-state index in [0.29, 0.717) is 6.54 Å². The SMILES string of the molecule is O=C(O)C1CC1Cn1cc(Br)cn1. The number of aromatic nitrogens is 2. The molecule has 5 heteroatoms. The van der Waals surface area contributed by atoms with Gasteiger partial charge in [-0.25, -0.2) is 0 Å². The smallest absolute Gasteiger partial charge is 0.306 e. The molecule has 0 aliphatic heterocycles. The maximum Gasteiger partial charge on any atom is 0.306 e. The summed E-state index contributed by atoms with van der Waals surface area (Å²) in [5.41, 5.74) is 0. The maximum atomic E-state index is 10.5. The van der Waals surface area contributed by atoms with E-state index in [9.17, 15) is 4.79 Å². The summed E-state index contributed by atoms with van der Waals surface area (Å²) in [5.74, 6) is -0.566. The Morgan fingerprint density at radius 1 is 1.85 bits per heavy atom. The molecule has 0 saturated heterocycles. The van der Waals surface area contributed by atoms with Gasteiger partial charge in [-0.2, -0.15) is 5.10 Å². The number of halogens is 1. The van der Waals surface area contributed by atoms with Gasteiger partial charge in [-0.3, -0.25) is 9.48 Å². The van der Waals surface area contributed by atoms with Gasteiger partial charge in [0.15, 0.2) is 0 Å². The minimum absolute atomic E-state index is 0.150. The summed E-state index contributed by atoms with van der Waals surface area (Å²) in [6.45, 7) is 0.711. The van der Waals surface area contributed by atoms with Crippen molar-refractivity contribution >= 4 is 21.9 Å². The Balaban J connectivity index is 1.91. The van der Waals surface area contributed by atoms with Gasteiger partial charge in [0.1, 0.15) is 0 Å². The van der Waals surface area contributed by atoms with Gasteiger partial charge in [-0.05, 0) is 28.3 Å². The third-order valence-electron chi connectivity index (χ3n) is 2.26. The zero-order valence-electron chi connectivity index (χ0n) is 6.85. The lowest BCUT2D eigenvalue weighted by molar-refractivity contribution is -0.138. The van der Waals surface area contributed by atoms with Gasteiger partial charge >= 0.3 is 5.97 Å². The first-order chi connectivity index (χ1) is 6.16. The van der Waals surface area contributed by atoms with E-state index in [1.54, 1.807) is 10.9 Å². The van der Waals surface area contributed by atoms with Crippen LogP contribution in [0.3, 0.4) is 0 Å². The van der Waals surface area contributed by atoms with Crippen LogP contribution in [-0.2, 0) is 11.3 Å². The molecule has 1 aromatic heterocycles. The fraction of sp³-hybridized carbons (Fsp3) is 0.500. The van der Waals surface area contributed by atoms with Crippen molar-refractivity contribution in [1.82, 2.24) is 9.78 Å². The van der Waals surface area contributed by atoms with E-state index in [-0.39, 0.29) is 11.8 Å². The molecule has 1 saturated carbocycles. The summed E-state index contributed by atoms with van der Waals surface area (Å²) in [7, 11) is 0. The summed E-state index contributed by atoms with van der Waals surface area (Å²) in [6.07, 6.45) is 4.35. The number of carbonyl (C=O) groups is 1. The Hall–Kier alpha value is -0.840. The molecule has 70 valence electrons. The van der Waals surface area contributed by atoms with Gasteiger partial charge in [-0.1, -0.05) is 0 Å². The third-order valence-corrected chi connectivity index (χ3v) is 2.67. The zero-order valence-corrected chi connectivity index (χ0v) is 8.44. The molecule has 0 amide bonds. The summed E-state index contributed by atoms with van der Waals surface area (Å²) in [5, 5.41) is 12.7. The number of carboxylic acid groups (broad SMARTS) is 1. The van der Waals surface area contributed by atoms with E-state index in [2.05, 4.69) is 21.0 Å². The second kappa shape index (κ2) is 3.14. The number of rotatable bonds is 3. The van der Waals surface area contributed by atoms with Gasteiger partial charge in [0.05, 0.1) is 16.6 Å². The highest BCUT2D eigenvalue weighted by Gasteiger charge is 2.43. The Labute approximate surface area is 83.7 Å². The first-order valence-corrected chi connectivity index (χ1v) is 4.87. The standard InChI is InChI=1S/C8H9BrN2O2/c9-6-2-10-11(4-6)3-5-1-7(5)8(12)13/h2,4-5,7H,1,3H2,(H,12,13). The van der Waals surface area contributed by atoms with E-state index in [0.717, 1.165) is 10.9 Å². The molecule has 0 radical (unpaired) electrons. The number of hydrogen-bond acceptors (Lipinski definition) is 2. The molecule has 4 nitrogen and oxygen atoms in total. The molecule has 2 unspecified atom stereocenters. The predicted octanol–water partition coefficient (Wildman–Crippen LogP) is 1.37. The van der Waals surface area contributed by atoms with Crippen LogP contribution in [0.2, 0.25) is 0 Å². The molecule has 2 rings (SSSR count). The second-order valence-electron chi connectivity index (χ2n) is 3.32. The lowest BCUT2D eigenvalue weighted by atomic mass is 10.3. The molecule has 1 aromatic rings. The average Bonchev–Trinajstić information content (AvgIpc) is 2.69. The summed E-state index contributed by atoms with van der Waals surface area (Å²) >= 11 is 3.29. The first kappa shape index (κ1) is 8.74. The maximum absolute atomic E-state index is 10.5. The second-order valence-corrected chi connectivity index (χ2v) is 4.24. The molecule has 2 atom stereocenters. The number of carboxylic acids is 1. The van der Waals surface area contributed by atoms with Gasteiger partial charge in [0.25, 0.3) is 0 Å². The van der Waals surface area contributed by atoms with Crippen molar-refractivity contribution in [2.24, 2.45) is 11.8 Å². The van der Waals surface area contributed by atoms with E-state index < -0.39 is 5.97 Å². The average molecular weight is 245 g/mol. The van der Waals surface area contributed by atoms with Crippen LogP contribution >= 0.6 is 15.9 Å². The molecule has 1 aliphatic carbocycles. The fourth-order valence-corrected chi connectivity index (χ4v) is 1.76. The number of nitrogens with zero attached hydrogens (tertiary/aromatic N) is 2. The lowest BCUT2D eigenvalue weighted by Crippen LogP contribution is -2.05. The van der Waals surface area contributed by atoms with E-state index >= 15 is 0 Å². The van der Waals surface area contributed by atoms with Crippen molar-refractivity contribution in [3.8, 4) is 0 Å². The quantitative estimate of drug-likeness (QED) is 0.874. The van der Waals surface area contributed by atoms with Crippen molar-refractivity contribution in [2.75, 3.05) is 0 Å². The first-order valence-electron chi connectivity index (χ1n) is 4.07. The highest BCUT2D eigenvalue weighted by atomic mass is 79.9. The monoisotopic (exact) mass is 244 g/mol. The summed E-state index contributed by atoms with van der Waals surface area (Å²) < 4.78 is 2.71. The van der Waals surface area contributed by atoms with Crippen LogP contribution in [0.4, 0.5) is 0 Å². The normalized spacial score (nSPS) is 25.9. The van der Waals surface area contributed by atoms with E-state index in [1.807, 2.05) is 6.20 Å². The molecule has 1 N–H and O–H groups in total. The van der Waals surface area contributed by atoms with Crippen LogP contribution in [0, 0.1) is 11.8 Å². The Morgan fingerprint density at radius 2 is 2.62 bits per heavy atom. The molecular weight excluding hydrogens is 236 g/mol. The Bertz CT molecular complexity index is 337. The molecule has 0 bridgehead atoms. The van der Waals surface area contributed by atoms with Crippen LogP contribution in [0.25, 0.3) is 0 Å². The molecule has 1 fully saturated rings. The molecule has 0 spiro atoms. The number of aliphatic carboxylic acids is 1. The minimum atomic E-state index is -0.684. The van der Waals surface area contributed by atoms with Gasteiger partial charge in [0, 0.05) is 12.7 Å². The summed E-state index contributed by atoms with van der Waals surface area (Å²) in [4.78, 5) is 10.5. The van der Waals surface area contributed by atoms with Crippen molar-refractivity contribution < 1.29 is 9.90 Å². The van der Waals surface area contributed by atoms with Crippen LogP contribution < -0.4 is 0 Å². The van der Waals surface area contributed by atoms with Crippen LogP contribution in [0.1, 0.15) is 6.42 Å². The van der Waals surface area contributed by atoms with E-state index in [4.69, 9.17) is 5.11 Å². The van der Waals surface area contributed by atoms with Crippen LogP contribution in [0.5, 0.6) is 0 Å². The Kier molecular flexibility index (Phi) is 2.11. The topological polar surface area (TPSA) is 55.1 Å². The third kappa shape index (κ3) is 1.91. The van der Waals surface area contributed by atoms with Crippen molar-refractivity contribution in [1.29, 1.82) is 0 Å². The number of hydrogen-bond donors (Lipinski definition) is 1. The van der Waals surface area contributed by atoms with Crippen molar-refractivity contribution in [3.63, 3.8) is 0 Å². The predicted molar refractivity (Wildman–Crippen MR) is 49.2 cm³/mol. The molecular formula is C8H9BrN2O2.